The zero-order chi connectivity index (χ0) is 43.7. The molecule has 1 amide bonds. The van der Waals surface area contributed by atoms with E-state index in [1.807, 2.05) is 17.6 Å². The number of fused-ring (bicyclic) bond motifs is 3. The molecule has 5 aromatic heterocycles. The summed E-state index contributed by atoms with van der Waals surface area (Å²) in [6, 6.07) is 15.5. The van der Waals surface area contributed by atoms with Crippen LogP contribution in [0.5, 0.6) is 0 Å². The standard InChI is InChI=1S/C46H44F2N10O5/c1-25-20-28(6-8-32(25)47)38-40(56-16-15-55(44(56)61)35-11-10-34-31(37(35)48)24-49-53(34)5)39-26(2)54(17-18-57(39)51-38)41(59)36-22-30-21-27(29-12-19-62-45(3,4)23-29)7-9-33(30)58(36)46(13-14-46)42-50-43(60)63-52-42/h6-11,15-16,20-22,24,26,29H,12-14,17-19,23H2,1-5H3,(H,50,52,60)/t26-,29+/m0/s1. The molecule has 0 bridgehead atoms. The Balaban J connectivity index is 1.04. The van der Waals surface area contributed by atoms with Crippen LogP contribution in [0.1, 0.15) is 91.5 Å². The van der Waals surface area contributed by atoms with E-state index in [0.717, 1.165) is 29.3 Å². The normalized spacial score (nSPS) is 19.3. The molecule has 2 atom stereocenters. The summed E-state index contributed by atoms with van der Waals surface area (Å²) in [7, 11) is 1.72. The minimum Gasteiger partial charge on any atom is -0.376 e. The van der Waals surface area contributed by atoms with Crippen molar-refractivity contribution in [1.29, 1.82) is 0 Å². The van der Waals surface area contributed by atoms with E-state index in [9.17, 15) is 14.0 Å². The van der Waals surface area contributed by atoms with Gasteiger partial charge in [-0.1, -0.05) is 11.2 Å². The summed E-state index contributed by atoms with van der Waals surface area (Å²) in [6.07, 6.45) is 7.47. The van der Waals surface area contributed by atoms with Crippen molar-refractivity contribution >= 4 is 27.7 Å². The maximum atomic E-state index is 16.1. The first kappa shape index (κ1) is 39.0. The molecule has 8 aromatic rings. The summed E-state index contributed by atoms with van der Waals surface area (Å²) in [4.78, 5) is 46.8. The number of halogens is 2. The van der Waals surface area contributed by atoms with Crippen molar-refractivity contribution in [3.05, 3.63) is 134 Å². The van der Waals surface area contributed by atoms with E-state index in [-0.39, 0.29) is 47.4 Å². The van der Waals surface area contributed by atoms with Crippen LogP contribution in [0.25, 0.3) is 44.4 Å². The lowest BCUT2D eigenvalue weighted by molar-refractivity contribution is -0.0592. The number of carbonyl (C=O) groups is 1. The van der Waals surface area contributed by atoms with E-state index in [2.05, 4.69) is 47.3 Å². The summed E-state index contributed by atoms with van der Waals surface area (Å²) < 4.78 is 49.8. The van der Waals surface area contributed by atoms with Crippen LogP contribution >= 0.6 is 0 Å². The molecule has 17 heteroatoms. The minimum absolute atomic E-state index is 0.0447. The van der Waals surface area contributed by atoms with E-state index in [4.69, 9.17) is 14.4 Å². The van der Waals surface area contributed by atoms with Gasteiger partial charge >= 0.3 is 11.4 Å². The number of nitrogens with zero attached hydrogens (tertiary/aromatic N) is 9. The molecule has 1 aliphatic carbocycles. The van der Waals surface area contributed by atoms with Gasteiger partial charge in [0.2, 0.25) is 0 Å². The highest BCUT2D eigenvalue weighted by Crippen LogP contribution is 2.51. The number of H-pyrrole nitrogens is 1. The Labute approximate surface area is 358 Å². The molecule has 63 heavy (non-hydrogen) atoms. The third-order valence-electron chi connectivity index (χ3n) is 13.4. The second-order valence-corrected chi connectivity index (χ2v) is 17.8. The molecule has 11 rings (SSSR count). The van der Waals surface area contributed by atoms with Crippen LogP contribution in [0.15, 0.2) is 87.3 Å². The lowest BCUT2D eigenvalue weighted by atomic mass is 9.83. The van der Waals surface area contributed by atoms with E-state index >= 15 is 9.18 Å². The Hall–Kier alpha value is -6.88. The molecule has 0 unspecified atom stereocenters. The molecule has 15 nitrogen and oxygen atoms in total. The Kier molecular flexibility index (Phi) is 8.55. The highest BCUT2D eigenvalue weighted by Gasteiger charge is 2.52. The number of aryl methyl sites for hydroxylation is 2. The van der Waals surface area contributed by atoms with Crippen LogP contribution in [0.3, 0.4) is 0 Å². The molecular formula is C46H44F2N10O5. The number of ether oxygens (including phenoxy) is 1. The first-order valence-electron chi connectivity index (χ1n) is 21.2. The molecule has 2 fully saturated rings. The van der Waals surface area contributed by atoms with Crippen LogP contribution in [-0.4, -0.2) is 73.0 Å². The first-order valence-corrected chi connectivity index (χ1v) is 21.2. The Morgan fingerprint density at radius 2 is 1.76 bits per heavy atom. The topological polar surface area (TPSA) is 156 Å². The van der Waals surface area contributed by atoms with Crippen LogP contribution < -0.4 is 11.4 Å². The van der Waals surface area contributed by atoms with Gasteiger partial charge < -0.3 is 14.2 Å². The van der Waals surface area contributed by atoms with Crippen LogP contribution in [0.4, 0.5) is 8.78 Å². The molecule has 3 aliphatic rings. The molecular weight excluding hydrogens is 811 g/mol. The average Bonchev–Trinajstić information content (AvgIpc) is 3.72. The number of hydrogen-bond donors (Lipinski definition) is 1. The van der Waals surface area contributed by atoms with Gasteiger partial charge in [0.05, 0.1) is 46.7 Å². The van der Waals surface area contributed by atoms with Gasteiger partial charge in [-0.05, 0) is 119 Å². The summed E-state index contributed by atoms with van der Waals surface area (Å²) in [5.74, 6) is -1.30. The van der Waals surface area contributed by atoms with Gasteiger partial charge in [0.15, 0.2) is 11.6 Å². The molecule has 3 aromatic carbocycles. The molecule has 0 radical (unpaired) electrons. The van der Waals surface area contributed by atoms with Gasteiger partial charge in [-0.2, -0.15) is 10.2 Å². The lowest BCUT2D eigenvalue weighted by Crippen LogP contribution is -2.43. The van der Waals surface area contributed by atoms with Crippen molar-refractivity contribution in [3.8, 4) is 22.6 Å². The Bertz CT molecular complexity index is 3300. The van der Waals surface area contributed by atoms with E-state index < -0.39 is 28.8 Å². The molecule has 7 heterocycles. The fraction of sp³-hybridized carbons (Fsp3) is 0.348. The maximum Gasteiger partial charge on any atom is 0.438 e. The monoisotopic (exact) mass is 854 g/mol. The summed E-state index contributed by atoms with van der Waals surface area (Å²) in [6.45, 7) is 8.99. The minimum atomic E-state index is -0.814. The van der Waals surface area contributed by atoms with Crippen molar-refractivity contribution in [2.24, 2.45) is 7.05 Å². The summed E-state index contributed by atoms with van der Waals surface area (Å²) in [5.41, 5.74) is 3.71. The fourth-order valence-electron chi connectivity index (χ4n) is 10.1. The van der Waals surface area contributed by atoms with Crippen molar-refractivity contribution < 1.29 is 22.8 Å². The average molecular weight is 855 g/mol. The molecule has 2 aliphatic heterocycles. The highest BCUT2D eigenvalue weighted by atomic mass is 19.1. The van der Waals surface area contributed by atoms with E-state index in [1.165, 1.54) is 27.6 Å². The van der Waals surface area contributed by atoms with Gasteiger partial charge in [0.25, 0.3) is 5.91 Å². The fourth-order valence-corrected chi connectivity index (χ4v) is 10.1. The number of rotatable bonds is 7. The van der Waals surface area contributed by atoms with E-state index in [0.29, 0.717) is 64.7 Å². The molecule has 1 saturated carbocycles. The number of imidazole rings is 1. The zero-order valence-corrected chi connectivity index (χ0v) is 35.4. The SMILES string of the molecule is Cc1cc(-c2nn3c(c2-n2ccn(-c4ccc5c(cnn5C)c4F)c2=O)[C@H](C)N(C(=O)c2cc4cc([C@@H]5CCOC(C)(C)C5)ccc4n2C2(c4noc(=O)[nH]4)CC2)CC3)ccc1F. The third kappa shape index (κ3) is 5.99. The number of hydrogen-bond acceptors (Lipinski definition) is 8. The number of benzene rings is 3. The molecule has 1 saturated heterocycles. The first-order chi connectivity index (χ1) is 30.2. The van der Waals surface area contributed by atoms with Crippen molar-refractivity contribution in [3.63, 3.8) is 0 Å². The second-order valence-electron chi connectivity index (χ2n) is 17.8. The lowest BCUT2D eigenvalue weighted by Gasteiger charge is -2.35. The summed E-state index contributed by atoms with van der Waals surface area (Å²) in [5, 5.41) is 14.5. The number of carbonyl (C=O) groups excluding carboxylic acids is 1. The quantitative estimate of drug-likeness (QED) is 0.179. The summed E-state index contributed by atoms with van der Waals surface area (Å²) >= 11 is 0. The van der Waals surface area contributed by atoms with E-state index in [1.54, 1.807) is 58.7 Å². The number of aromatic amines is 1. The van der Waals surface area contributed by atoms with Gasteiger partial charge in [0, 0.05) is 49.1 Å². The van der Waals surface area contributed by atoms with Gasteiger partial charge in [-0.25, -0.2) is 18.4 Å². The second kappa shape index (κ2) is 13.8. The number of nitrogens with one attached hydrogen (secondary N) is 1. The predicted molar refractivity (Wildman–Crippen MR) is 228 cm³/mol. The van der Waals surface area contributed by atoms with Gasteiger partial charge in [-0.3, -0.25) is 32.8 Å². The van der Waals surface area contributed by atoms with Gasteiger partial charge in [0.1, 0.15) is 28.4 Å². The molecule has 322 valence electrons. The maximum absolute atomic E-state index is 16.1. The molecule has 0 spiro atoms. The number of aromatic nitrogens is 9. The largest absolute Gasteiger partial charge is 0.438 e. The molecule has 1 N–H and O–H groups in total. The predicted octanol–water partition coefficient (Wildman–Crippen LogP) is 7.02. The Morgan fingerprint density at radius 1 is 0.968 bits per heavy atom. The van der Waals surface area contributed by atoms with Crippen molar-refractivity contribution in [2.75, 3.05) is 13.2 Å². The van der Waals surface area contributed by atoms with Crippen molar-refractivity contribution in [1.82, 2.24) is 48.3 Å². The van der Waals surface area contributed by atoms with Gasteiger partial charge in [-0.15, -0.1) is 0 Å². The number of amides is 1. The van der Waals surface area contributed by atoms with Crippen LogP contribution in [0, 0.1) is 18.6 Å². The smallest absolute Gasteiger partial charge is 0.376 e. The third-order valence-corrected chi connectivity index (χ3v) is 13.4. The van der Waals surface area contributed by atoms with Crippen LogP contribution in [0.2, 0.25) is 0 Å². The van der Waals surface area contributed by atoms with Crippen LogP contribution in [-0.2, 0) is 23.9 Å². The Morgan fingerprint density at radius 3 is 2.51 bits per heavy atom. The zero-order valence-electron chi connectivity index (χ0n) is 35.4. The highest BCUT2D eigenvalue weighted by molar-refractivity contribution is 6.00. The van der Waals surface area contributed by atoms with Crippen molar-refractivity contribution in [2.45, 2.75) is 83.0 Å².